The number of fused-ring (bicyclic) bond motifs is 1. The van der Waals surface area contributed by atoms with Crippen molar-refractivity contribution in [1.82, 2.24) is 4.98 Å². The number of carbonyl (C=O) groups excluding carboxylic acids is 1. The summed E-state index contributed by atoms with van der Waals surface area (Å²) in [5.41, 5.74) is 0.813. The Labute approximate surface area is 98.1 Å². The normalized spacial score (nSPS) is 10.9. The number of azo groups is 1. The van der Waals surface area contributed by atoms with Gasteiger partial charge in [0.2, 0.25) is 0 Å². The first-order valence-electron chi connectivity index (χ1n) is 5.24. The molecule has 2 aromatic rings. The second kappa shape index (κ2) is 5.16. The monoisotopic (exact) mass is 229 g/mol. The molecular formula is C12H11N3O2. The summed E-state index contributed by atoms with van der Waals surface area (Å²) in [7, 11) is 0. The van der Waals surface area contributed by atoms with E-state index in [9.17, 15) is 4.79 Å². The van der Waals surface area contributed by atoms with Crippen LogP contribution in [0.4, 0.5) is 10.6 Å². The molecule has 0 saturated carbocycles. The van der Waals surface area contributed by atoms with Gasteiger partial charge in [-0.3, -0.25) is 0 Å². The first-order valence-corrected chi connectivity index (χ1v) is 5.24. The number of benzene rings is 1. The molecule has 0 spiro atoms. The van der Waals surface area contributed by atoms with Crippen molar-refractivity contribution in [2.24, 2.45) is 10.2 Å². The van der Waals surface area contributed by atoms with Crippen molar-refractivity contribution in [2.45, 2.75) is 6.92 Å². The van der Waals surface area contributed by atoms with Gasteiger partial charge in [0.1, 0.15) is 0 Å². The summed E-state index contributed by atoms with van der Waals surface area (Å²) in [5, 5.41) is 8.12. The van der Waals surface area contributed by atoms with Crippen LogP contribution in [0.2, 0.25) is 0 Å². The minimum Gasteiger partial charge on any atom is -0.447 e. The highest BCUT2D eigenvalue weighted by Gasteiger charge is 1.99. The van der Waals surface area contributed by atoms with Crippen molar-refractivity contribution in [1.29, 1.82) is 0 Å². The van der Waals surface area contributed by atoms with Gasteiger partial charge in [0.25, 0.3) is 0 Å². The molecule has 0 saturated heterocycles. The van der Waals surface area contributed by atoms with Crippen LogP contribution in [0, 0.1) is 0 Å². The molecule has 1 heterocycles. The number of amides is 1. The summed E-state index contributed by atoms with van der Waals surface area (Å²) in [6.45, 7) is 1.99. The first kappa shape index (κ1) is 11.2. The summed E-state index contributed by atoms with van der Waals surface area (Å²) in [6, 6.07) is 11.2. The zero-order valence-corrected chi connectivity index (χ0v) is 9.33. The quantitative estimate of drug-likeness (QED) is 0.740. The Bertz CT molecular complexity index is 566. The van der Waals surface area contributed by atoms with Gasteiger partial charge in [-0.05, 0) is 25.1 Å². The molecule has 1 aromatic heterocycles. The van der Waals surface area contributed by atoms with Gasteiger partial charge in [0.15, 0.2) is 5.82 Å². The summed E-state index contributed by atoms with van der Waals surface area (Å²) < 4.78 is 4.62. The molecule has 0 aliphatic heterocycles. The number of hydrogen-bond acceptors (Lipinski definition) is 4. The van der Waals surface area contributed by atoms with Crippen molar-refractivity contribution in [3.8, 4) is 0 Å². The van der Waals surface area contributed by atoms with Crippen LogP contribution in [0.1, 0.15) is 6.92 Å². The number of aromatic nitrogens is 1. The van der Waals surface area contributed by atoms with Crippen LogP contribution in [0.15, 0.2) is 46.6 Å². The van der Waals surface area contributed by atoms with Gasteiger partial charge in [-0.15, -0.1) is 5.11 Å². The standard InChI is InChI=1S/C12H11N3O2/c1-2-17-12(16)15-14-11-8-7-9-5-3-4-6-10(9)13-11/h3-8H,2H2,1H3. The average Bonchev–Trinajstić information content (AvgIpc) is 2.36. The minimum absolute atomic E-state index is 0.281. The smallest absolute Gasteiger partial charge is 0.447 e. The van der Waals surface area contributed by atoms with E-state index in [1.54, 1.807) is 13.0 Å². The Hall–Kier alpha value is -2.30. The third-order valence-corrected chi connectivity index (χ3v) is 2.09. The molecule has 2 rings (SSSR count). The van der Waals surface area contributed by atoms with E-state index < -0.39 is 6.09 Å². The Morgan fingerprint density at radius 3 is 2.94 bits per heavy atom. The number of pyridine rings is 1. The molecule has 86 valence electrons. The van der Waals surface area contributed by atoms with E-state index in [-0.39, 0.29) is 6.61 Å². The maximum atomic E-state index is 11.0. The molecular weight excluding hydrogens is 218 g/mol. The first-order chi connectivity index (χ1) is 8.29. The Morgan fingerprint density at radius 1 is 1.29 bits per heavy atom. The van der Waals surface area contributed by atoms with E-state index in [0.29, 0.717) is 5.82 Å². The maximum Gasteiger partial charge on any atom is 0.452 e. The highest BCUT2D eigenvalue weighted by molar-refractivity contribution is 5.79. The fraction of sp³-hybridized carbons (Fsp3) is 0.167. The lowest BCUT2D eigenvalue weighted by atomic mass is 10.2. The van der Waals surface area contributed by atoms with Crippen molar-refractivity contribution >= 4 is 22.8 Å². The largest absolute Gasteiger partial charge is 0.452 e. The van der Waals surface area contributed by atoms with E-state index in [4.69, 9.17) is 0 Å². The minimum atomic E-state index is -0.706. The van der Waals surface area contributed by atoms with Crippen molar-refractivity contribution < 1.29 is 9.53 Å². The van der Waals surface area contributed by atoms with E-state index in [1.807, 2.05) is 30.3 Å². The second-order valence-electron chi connectivity index (χ2n) is 3.26. The fourth-order valence-electron chi connectivity index (χ4n) is 1.36. The lowest BCUT2D eigenvalue weighted by Crippen LogP contribution is -1.95. The summed E-state index contributed by atoms with van der Waals surface area (Å²) >= 11 is 0. The van der Waals surface area contributed by atoms with E-state index in [1.165, 1.54) is 0 Å². The van der Waals surface area contributed by atoms with Gasteiger partial charge in [-0.25, -0.2) is 9.78 Å². The molecule has 5 heteroatoms. The second-order valence-corrected chi connectivity index (χ2v) is 3.26. The van der Waals surface area contributed by atoms with Crippen LogP contribution in [-0.2, 0) is 4.74 Å². The van der Waals surface area contributed by atoms with Gasteiger partial charge in [0, 0.05) is 5.39 Å². The third-order valence-electron chi connectivity index (χ3n) is 2.09. The Kier molecular flexibility index (Phi) is 3.40. The van der Waals surface area contributed by atoms with Crippen LogP contribution in [0.5, 0.6) is 0 Å². The Morgan fingerprint density at radius 2 is 2.12 bits per heavy atom. The number of hydrogen-bond donors (Lipinski definition) is 0. The molecule has 0 unspecified atom stereocenters. The summed E-state index contributed by atoms with van der Waals surface area (Å²) in [4.78, 5) is 15.2. The van der Waals surface area contributed by atoms with Gasteiger partial charge in [0.05, 0.1) is 12.1 Å². The van der Waals surface area contributed by atoms with Crippen LogP contribution in [0.25, 0.3) is 10.9 Å². The zero-order chi connectivity index (χ0) is 12.1. The highest BCUT2D eigenvalue weighted by atomic mass is 16.5. The molecule has 0 N–H and O–H groups in total. The molecule has 1 amide bonds. The topological polar surface area (TPSA) is 63.9 Å². The number of para-hydroxylation sites is 1. The van der Waals surface area contributed by atoms with Crippen molar-refractivity contribution in [3.05, 3.63) is 36.4 Å². The van der Waals surface area contributed by atoms with E-state index in [2.05, 4.69) is 19.9 Å². The number of ether oxygens (including phenoxy) is 1. The SMILES string of the molecule is CCOC(=O)N=Nc1ccc2ccccc2n1. The van der Waals surface area contributed by atoms with Gasteiger partial charge < -0.3 is 4.74 Å². The lowest BCUT2D eigenvalue weighted by Gasteiger charge is -1.97. The number of rotatable bonds is 2. The highest BCUT2D eigenvalue weighted by Crippen LogP contribution is 2.16. The van der Waals surface area contributed by atoms with E-state index in [0.717, 1.165) is 10.9 Å². The number of carbonyl (C=O) groups is 1. The number of nitrogens with zero attached hydrogens (tertiary/aromatic N) is 3. The van der Waals surface area contributed by atoms with Crippen molar-refractivity contribution in [2.75, 3.05) is 6.61 Å². The fourth-order valence-corrected chi connectivity index (χ4v) is 1.36. The van der Waals surface area contributed by atoms with Gasteiger partial charge >= 0.3 is 6.09 Å². The van der Waals surface area contributed by atoms with Crippen LogP contribution in [-0.4, -0.2) is 17.7 Å². The van der Waals surface area contributed by atoms with Gasteiger partial charge in [-0.2, -0.15) is 0 Å². The van der Waals surface area contributed by atoms with Crippen LogP contribution < -0.4 is 0 Å². The average molecular weight is 229 g/mol. The molecule has 0 atom stereocenters. The van der Waals surface area contributed by atoms with Crippen molar-refractivity contribution in [3.63, 3.8) is 0 Å². The Balaban J connectivity index is 2.22. The molecule has 5 nitrogen and oxygen atoms in total. The molecule has 0 bridgehead atoms. The summed E-state index contributed by atoms with van der Waals surface area (Å²) in [5.74, 6) is 0.386. The van der Waals surface area contributed by atoms with Crippen LogP contribution >= 0.6 is 0 Å². The van der Waals surface area contributed by atoms with Crippen LogP contribution in [0.3, 0.4) is 0 Å². The lowest BCUT2D eigenvalue weighted by molar-refractivity contribution is 0.162. The summed E-state index contributed by atoms with van der Waals surface area (Å²) in [6.07, 6.45) is -0.706. The predicted octanol–water partition coefficient (Wildman–Crippen LogP) is 3.48. The van der Waals surface area contributed by atoms with E-state index >= 15 is 0 Å². The zero-order valence-electron chi connectivity index (χ0n) is 9.33. The molecule has 1 aromatic carbocycles. The third kappa shape index (κ3) is 2.84. The molecule has 0 aliphatic carbocycles. The molecule has 0 aliphatic rings. The molecule has 0 radical (unpaired) electrons. The predicted molar refractivity (Wildman–Crippen MR) is 63.3 cm³/mol. The maximum absolute atomic E-state index is 11.0. The molecule has 0 fully saturated rings. The molecule has 17 heavy (non-hydrogen) atoms. The van der Waals surface area contributed by atoms with Gasteiger partial charge in [-0.1, -0.05) is 23.3 Å².